The SMILES string of the molecule is CCCC(C)(CO)COC1CCC(OC[C@@](C)(CO)CCC)CC1. The highest BCUT2D eigenvalue weighted by molar-refractivity contribution is 4.78. The van der Waals surface area contributed by atoms with Crippen LogP contribution in [0.25, 0.3) is 0 Å². The fourth-order valence-electron chi connectivity index (χ4n) is 3.60. The maximum atomic E-state index is 9.58. The van der Waals surface area contributed by atoms with Crippen LogP contribution in [-0.4, -0.2) is 48.8 Å². The van der Waals surface area contributed by atoms with Gasteiger partial charge in [-0.25, -0.2) is 0 Å². The molecular weight excluding hydrogens is 304 g/mol. The van der Waals surface area contributed by atoms with Crippen molar-refractivity contribution >= 4 is 0 Å². The van der Waals surface area contributed by atoms with E-state index in [1.165, 1.54) is 0 Å². The third kappa shape index (κ3) is 7.38. The largest absolute Gasteiger partial charge is 0.396 e. The van der Waals surface area contributed by atoms with E-state index in [4.69, 9.17) is 9.47 Å². The molecular formula is C20H40O4. The van der Waals surface area contributed by atoms with Crippen LogP contribution in [0.5, 0.6) is 0 Å². The Balaban J connectivity index is 2.29. The summed E-state index contributed by atoms with van der Waals surface area (Å²) in [6.07, 6.45) is 8.86. The molecule has 4 nitrogen and oxygen atoms in total. The first-order valence-corrected chi connectivity index (χ1v) is 9.85. The number of aliphatic hydroxyl groups is 2. The van der Waals surface area contributed by atoms with Crippen molar-refractivity contribution in [2.45, 2.75) is 91.3 Å². The highest BCUT2D eigenvalue weighted by Crippen LogP contribution is 2.30. The zero-order valence-corrected chi connectivity index (χ0v) is 16.4. The fourth-order valence-corrected chi connectivity index (χ4v) is 3.60. The Morgan fingerprint density at radius 1 is 0.750 bits per heavy atom. The first-order chi connectivity index (χ1) is 11.4. The maximum absolute atomic E-state index is 9.58. The second kappa shape index (κ2) is 10.7. The quantitative estimate of drug-likeness (QED) is 0.563. The monoisotopic (exact) mass is 344 g/mol. The molecule has 1 aliphatic rings. The molecule has 1 rings (SSSR count). The summed E-state index contributed by atoms with van der Waals surface area (Å²) in [4.78, 5) is 0. The molecule has 144 valence electrons. The van der Waals surface area contributed by atoms with E-state index in [0.717, 1.165) is 51.4 Å². The minimum Gasteiger partial charge on any atom is -0.396 e. The lowest BCUT2D eigenvalue weighted by Gasteiger charge is -2.34. The minimum atomic E-state index is -0.106. The Bertz CT molecular complexity index is 296. The van der Waals surface area contributed by atoms with Crippen molar-refractivity contribution in [1.29, 1.82) is 0 Å². The average Bonchev–Trinajstić information content (AvgIpc) is 2.60. The van der Waals surface area contributed by atoms with Gasteiger partial charge in [-0.15, -0.1) is 0 Å². The van der Waals surface area contributed by atoms with Crippen LogP contribution >= 0.6 is 0 Å². The van der Waals surface area contributed by atoms with Crippen LogP contribution < -0.4 is 0 Å². The maximum Gasteiger partial charge on any atom is 0.0577 e. The van der Waals surface area contributed by atoms with Crippen molar-refractivity contribution in [1.82, 2.24) is 0 Å². The Morgan fingerprint density at radius 2 is 1.08 bits per heavy atom. The van der Waals surface area contributed by atoms with Crippen molar-refractivity contribution in [3.8, 4) is 0 Å². The molecule has 2 N–H and O–H groups in total. The number of aliphatic hydroxyl groups excluding tert-OH is 2. The van der Waals surface area contributed by atoms with Crippen LogP contribution in [0.4, 0.5) is 0 Å². The van der Waals surface area contributed by atoms with Crippen LogP contribution in [0, 0.1) is 10.8 Å². The first kappa shape index (κ1) is 21.9. The number of ether oxygens (including phenoxy) is 2. The van der Waals surface area contributed by atoms with Crippen LogP contribution in [0.15, 0.2) is 0 Å². The van der Waals surface area contributed by atoms with E-state index in [9.17, 15) is 10.2 Å². The Hall–Kier alpha value is -0.160. The van der Waals surface area contributed by atoms with Crippen LogP contribution in [0.2, 0.25) is 0 Å². The minimum absolute atomic E-state index is 0.106. The summed E-state index contributed by atoms with van der Waals surface area (Å²) in [6.45, 7) is 10.2. The smallest absolute Gasteiger partial charge is 0.0577 e. The van der Waals surface area contributed by atoms with E-state index >= 15 is 0 Å². The van der Waals surface area contributed by atoms with E-state index in [1.54, 1.807) is 0 Å². The van der Waals surface area contributed by atoms with Gasteiger partial charge in [-0.2, -0.15) is 0 Å². The topological polar surface area (TPSA) is 58.9 Å². The molecule has 4 heteroatoms. The standard InChI is InChI=1S/C20H40O4/c1-5-11-19(3,13-21)15-23-17-7-9-18(10-8-17)24-16-20(4,14-22)12-6-2/h17-18,21-22H,5-16H2,1-4H3/t17?,18?,19-,20?/m1/s1. The van der Waals surface area contributed by atoms with E-state index in [2.05, 4.69) is 27.7 Å². The molecule has 24 heavy (non-hydrogen) atoms. The van der Waals surface area contributed by atoms with Gasteiger partial charge in [-0.05, 0) is 38.5 Å². The van der Waals surface area contributed by atoms with Gasteiger partial charge < -0.3 is 19.7 Å². The zero-order valence-electron chi connectivity index (χ0n) is 16.4. The van der Waals surface area contributed by atoms with Crippen molar-refractivity contribution in [2.75, 3.05) is 26.4 Å². The Kier molecular flexibility index (Phi) is 9.80. The predicted molar refractivity (Wildman–Crippen MR) is 98.1 cm³/mol. The highest BCUT2D eigenvalue weighted by Gasteiger charge is 2.29. The molecule has 2 atom stereocenters. The van der Waals surface area contributed by atoms with Crippen molar-refractivity contribution < 1.29 is 19.7 Å². The van der Waals surface area contributed by atoms with Crippen molar-refractivity contribution in [3.05, 3.63) is 0 Å². The molecule has 0 radical (unpaired) electrons. The van der Waals surface area contributed by atoms with Gasteiger partial charge in [0.1, 0.15) is 0 Å². The van der Waals surface area contributed by atoms with Gasteiger partial charge >= 0.3 is 0 Å². The molecule has 0 saturated heterocycles. The summed E-state index contributed by atoms with van der Waals surface area (Å²) < 4.78 is 12.2. The van der Waals surface area contributed by atoms with E-state index in [0.29, 0.717) is 25.4 Å². The summed E-state index contributed by atoms with van der Waals surface area (Å²) in [7, 11) is 0. The molecule has 0 bridgehead atoms. The molecule has 0 aromatic rings. The number of hydrogen-bond donors (Lipinski definition) is 2. The number of rotatable bonds is 12. The van der Waals surface area contributed by atoms with E-state index in [1.807, 2.05) is 0 Å². The molecule has 0 aliphatic heterocycles. The molecule has 0 aromatic carbocycles. The van der Waals surface area contributed by atoms with Crippen LogP contribution in [0.3, 0.4) is 0 Å². The normalized spacial score (nSPS) is 26.8. The number of hydrogen-bond acceptors (Lipinski definition) is 4. The summed E-state index contributed by atoms with van der Waals surface area (Å²) in [5.41, 5.74) is -0.212. The predicted octanol–water partition coefficient (Wildman–Crippen LogP) is 3.93. The Morgan fingerprint density at radius 3 is 1.33 bits per heavy atom. The fraction of sp³-hybridized carbons (Fsp3) is 1.00. The molecule has 1 saturated carbocycles. The van der Waals surface area contributed by atoms with Gasteiger partial charge in [0, 0.05) is 10.8 Å². The first-order valence-electron chi connectivity index (χ1n) is 9.85. The van der Waals surface area contributed by atoms with Gasteiger partial charge in [0.25, 0.3) is 0 Å². The second-order valence-electron chi connectivity index (χ2n) is 8.46. The molecule has 0 spiro atoms. The molecule has 1 unspecified atom stereocenters. The third-order valence-electron chi connectivity index (χ3n) is 5.43. The van der Waals surface area contributed by atoms with Gasteiger partial charge in [0.05, 0.1) is 38.6 Å². The van der Waals surface area contributed by atoms with Crippen LogP contribution in [0.1, 0.15) is 79.1 Å². The lowest BCUT2D eigenvalue weighted by atomic mass is 9.86. The molecule has 0 heterocycles. The molecule has 0 amide bonds. The van der Waals surface area contributed by atoms with Crippen LogP contribution in [-0.2, 0) is 9.47 Å². The summed E-state index contributed by atoms with van der Waals surface area (Å²) in [6, 6.07) is 0. The average molecular weight is 345 g/mol. The van der Waals surface area contributed by atoms with Gasteiger partial charge in [0.15, 0.2) is 0 Å². The van der Waals surface area contributed by atoms with Gasteiger partial charge in [0.2, 0.25) is 0 Å². The molecule has 1 fully saturated rings. The summed E-state index contributed by atoms with van der Waals surface area (Å²) >= 11 is 0. The highest BCUT2D eigenvalue weighted by atomic mass is 16.5. The van der Waals surface area contributed by atoms with Gasteiger partial charge in [-0.3, -0.25) is 0 Å². The van der Waals surface area contributed by atoms with E-state index < -0.39 is 0 Å². The lowest BCUT2D eigenvalue weighted by Crippen LogP contribution is -2.35. The van der Waals surface area contributed by atoms with Gasteiger partial charge in [-0.1, -0.05) is 40.5 Å². The second-order valence-corrected chi connectivity index (χ2v) is 8.46. The molecule has 1 aliphatic carbocycles. The Labute approximate surface area is 148 Å². The molecule has 0 aromatic heterocycles. The summed E-state index contributed by atoms with van der Waals surface area (Å²) in [5, 5.41) is 19.2. The van der Waals surface area contributed by atoms with Crippen molar-refractivity contribution in [2.24, 2.45) is 10.8 Å². The summed E-state index contributed by atoms with van der Waals surface area (Å²) in [5.74, 6) is 0. The van der Waals surface area contributed by atoms with Crippen molar-refractivity contribution in [3.63, 3.8) is 0 Å². The lowest BCUT2D eigenvalue weighted by molar-refractivity contribution is -0.0815. The van der Waals surface area contributed by atoms with E-state index in [-0.39, 0.29) is 24.0 Å². The zero-order chi connectivity index (χ0) is 18.1. The third-order valence-corrected chi connectivity index (χ3v) is 5.43.